The minimum absolute atomic E-state index is 0.00552. The number of nitrogens with zero attached hydrogens (tertiary/aromatic N) is 1. The number of rotatable bonds is 7. The fraction of sp³-hybridized carbons (Fsp3) is 0.429. The van der Waals surface area contributed by atoms with Gasteiger partial charge in [-0.25, -0.2) is 4.98 Å². The molecule has 0 radical (unpaired) electrons. The van der Waals surface area contributed by atoms with Crippen LogP contribution in [0.2, 0.25) is 0 Å². The fourth-order valence-electron chi connectivity index (χ4n) is 1.73. The average Bonchev–Trinajstić information content (AvgIpc) is 3.05. The van der Waals surface area contributed by atoms with Crippen LogP contribution in [-0.2, 0) is 22.5 Å². The van der Waals surface area contributed by atoms with Crippen molar-refractivity contribution in [3.8, 4) is 10.6 Å². The number of carbonyl (C=O) groups excluding carboxylic acids is 1. The van der Waals surface area contributed by atoms with Gasteiger partial charge in [0.15, 0.2) is 0 Å². The SMILES string of the molecule is COCCCc1nc(-c2ccc(CNC(C)=O)s2)cs1. The number of thiophene rings is 1. The van der Waals surface area contributed by atoms with Gasteiger partial charge in [0.2, 0.25) is 5.91 Å². The minimum Gasteiger partial charge on any atom is -0.385 e. The maximum atomic E-state index is 10.9. The Hall–Kier alpha value is -1.24. The Morgan fingerprint density at radius 3 is 3.05 bits per heavy atom. The van der Waals surface area contributed by atoms with E-state index < -0.39 is 0 Å². The number of amides is 1. The molecule has 108 valence electrons. The third kappa shape index (κ3) is 4.40. The smallest absolute Gasteiger partial charge is 0.217 e. The van der Waals surface area contributed by atoms with E-state index in [2.05, 4.69) is 21.7 Å². The van der Waals surface area contributed by atoms with Crippen molar-refractivity contribution >= 4 is 28.6 Å². The van der Waals surface area contributed by atoms with Crippen molar-refractivity contribution in [2.45, 2.75) is 26.3 Å². The summed E-state index contributed by atoms with van der Waals surface area (Å²) in [6.07, 6.45) is 1.96. The molecule has 20 heavy (non-hydrogen) atoms. The van der Waals surface area contributed by atoms with Gasteiger partial charge in [-0.3, -0.25) is 4.79 Å². The molecule has 0 aromatic carbocycles. The zero-order valence-corrected chi connectivity index (χ0v) is 13.3. The zero-order valence-electron chi connectivity index (χ0n) is 11.6. The molecule has 0 spiro atoms. The summed E-state index contributed by atoms with van der Waals surface area (Å²) in [6, 6.07) is 4.11. The summed E-state index contributed by atoms with van der Waals surface area (Å²) in [6.45, 7) is 2.89. The van der Waals surface area contributed by atoms with Crippen LogP contribution in [0.25, 0.3) is 10.6 Å². The Balaban J connectivity index is 1.95. The molecule has 0 atom stereocenters. The van der Waals surface area contributed by atoms with Crippen molar-refractivity contribution < 1.29 is 9.53 Å². The third-order valence-corrected chi connectivity index (χ3v) is 4.73. The quantitative estimate of drug-likeness (QED) is 0.800. The summed E-state index contributed by atoms with van der Waals surface area (Å²) in [4.78, 5) is 17.8. The van der Waals surface area contributed by atoms with E-state index in [1.807, 2.05) is 6.07 Å². The Morgan fingerprint density at radius 1 is 1.45 bits per heavy atom. The first-order valence-corrected chi connectivity index (χ1v) is 8.15. The lowest BCUT2D eigenvalue weighted by molar-refractivity contribution is -0.119. The Morgan fingerprint density at radius 2 is 2.30 bits per heavy atom. The van der Waals surface area contributed by atoms with Crippen LogP contribution < -0.4 is 5.32 Å². The van der Waals surface area contributed by atoms with Gasteiger partial charge in [0.05, 0.1) is 22.1 Å². The molecule has 2 aromatic rings. The summed E-state index contributed by atoms with van der Waals surface area (Å²) in [5, 5.41) is 6.05. The number of ether oxygens (including phenoxy) is 1. The van der Waals surface area contributed by atoms with Gasteiger partial charge in [-0.15, -0.1) is 22.7 Å². The number of nitrogens with one attached hydrogen (secondary N) is 1. The van der Waals surface area contributed by atoms with Crippen molar-refractivity contribution in [3.63, 3.8) is 0 Å². The zero-order chi connectivity index (χ0) is 14.4. The number of aryl methyl sites for hydroxylation is 1. The van der Waals surface area contributed by atoms with Crippen LogP contribution in [0.4, 0.5) is 0 Å². The molecule has 2 heterocycles. The van der Waals surface area contributed by atoms with E-state index in [9.17, 15) is 4.79 Å². The van der Waals surface area contributed by atoms with Crippen molar-refractivity contribution in [1.29, 1.82) is 0 Å². The molecule has 0 bridgehead atoms. The van der Waals surface area contributed by atoms with E-state index in [0.717, 1.165) is 39.9 Å². The fourth-order valence-corrected chi connectivity index (χ4v) is 3.55. The van der Waals surface area contributed by atoms with Gasteiger partial charge in [-0.2, -0.15) is 0 Å². The molecule has 4 nitrogen and oxygen atoms in total. The van der Waals surface area contributed by atoms with E-state index >= 15 is 0 Å². The molecular formula is C14H18N2O2S2. The predicted octanol–water partition coefficient (Wildman–Crippen LogP) is 3.09. The lowest BCUT2D eigenvalue weighted by Crippen LogP contribution is -2.17. The Bertz CT molecular complexity index is 563. The molecule has 0 fully saturated rings. The van der Waals surface area contributed by atoms with Crippen molar-refractivity contribution in [2.75, 3.05) is 13.7 Å². The molecule has 2 aromatic heterocycles. The highest BCUT2D eigenvalue weighted by Gasteiger charge is 2.08. The standard InChI is InChI=1S/C14H18N2O2S2/c1-10(17)15-8-11-5-6-13(20-11)12-9-19-14(16-12)4-3-7-18-2/h5-6,9H,3-4,7-8H2,1-2H3,(H,15,17). The Labute approximate surface area is 126 Å². The van der Waals surface area contributed by atoms with Gasteiger partial charge in [0.1, 0.15) is 0 Å². The molecule has 2 rings (SSSR count). The van der Waals surface area contributed by atoms with Crippen LogP contribution in [-0.4, -0.2) is 24.6 Å². The molecule has 0 aliphatic carbocycles. The van der Waals surface area contributed by atoms with Crippen LogP contribution in [0, 0.1) is 0 Å². The lowest BCUT2D eigenvalue weighted by Gasteiger charge is -1.97. The molecule has 0 saturated heterocycles. The van der Waals surface area contributed by atoms with Gasteiger partial charge < -0.3 is 10.1 Å². The third-order valence-electron chi connectivity index (χ3n) is 2.72. The summed E-state index contributed by atoms with van der Waals surface area (Å²) < 4.78 is 5.05. The average molecular weight is 310 g/mol. The number of hydrogen-bond acceptors (Lipinski definition) is 5. The number of carbonyl (C=O) groups is 1. The summed E-state index contributed by atoms with van der Waals surface area (Å²) >= 11 is 3.37. The topological polar surface area (TPSA) is 51.2 Å². The number of hydrogen-bond donors (Lipinski definition) is 1. The van der Waals surface area contributed by atoms with E-state index in [1.165, 1.54) is 6.92 Å². The first-order chi connectivity index (χ1) is 9.69. The van der Waals surface area contributed by atoms with E-state index in [0.29, 0.717) is 6.54 Å². The second-order valence-corrected chi connectivity index (χ2v) is 6.51. The number of aromatic nitrogens is 1. The van der Waals surface area contributed by atoms with Crippen molar-refractivity contribution in [3.05, 3.63) is 27.4 Å². The number of methoxy groups -OCH3 is 1. The van der Waals surface area contributed by atoms with Gasteiger partial charge in [-0.1, -0.05) is 0 Å². The minimum atomic E-state index is -0.00552. The highest BCUT2D eigenvalue weighted by molar-refractivity contribution is 7.16. The second-order valence-electron chi connectivity index (χ2n) is 4.40. The van der Waals surface area contributed by atoms with Crippen LogP contribution in [0.5, 0.6) is 0 Å². The van der Waals surface area contributed by atoms with Crippen molar-refractivity contribution in [2.24, 2.45) is 0 Å². The molecule has 1 N–H and O–H groups in total. The van der Waals surface area contributed by atoms with Gasteiger partial charge in [-0.05, 0) is 18.6 Å². The Kier molecular flexibility index (Phi) is 5.70. The van der Waals surface area contributed by atoms with Crippen LogP contribution in [0.1, 0.15) is 23.2 Å². The van der Waals surface area contributed by atoms with Gasteiger partial charge in [0, 0.05) is 37.3 Å². The summed E-state index contributed by atoms with van der Waals surface area (Å²) in [5.74, 6) is -0.00552. The molecule has 0 aliphatic rings. The molecule has 0 aliphatic heterocycles. The van der Waals surface area contributed by atoms with Crippen LogP contribution in [0.3, 0.4) is 0 Å². The normalized spacial score (nSPS) is 10.7. The molecule has 1 amide bonds. The maximum absolute atomic E-state index is 10.9. The predicted molar refractivity (Wildman–Crippen MR) is 83.1 cm³/mol. The van der Waals surface area contributed by atoms with Gasteiger partial charge in [0.25, 0.3) is 0 Å². The maximum Gasteiger partial charge on any atom is 0.217 e. The first-order valence-electron chi connectivity index (χ1n) is 6.46. The monoisotopic (exact) mass is 310 g/mol. The van der Waals surface area contributed by atoms with E-state index in [4.69, 9.17) is 4.74 Å². The van der Waals surface area contributed by atoms with Crippen LogP contribution in [0.15, 0.2) is 17.5 Å². The second kappa shape index (κ2) is 7.52. The molecule has 6 heteroatoms. The van der Waals surface area contributed by atoms with Gasteiger partial charge >= 0.3 is 0 Å². The summed E-state index contributed by atoms with van der Waals surface area (Å²) in [7, 11) is 1.72. The molecule has 0 unspecified atom stereocenters. The summed E-state index contributed by atoms with van der Waals surface area (Å²) in [5.41, 5.74) is 1.03. The van der Waals surface area contributed by atoms with Crippen LogP contribution >= 0.6 is 22.7 Å². The highest BCUT2D eigenvalue weighted by atomic mass is 32.1. The number of thiazole rings is 1. The first kappa shape index (κ1) is 15.2. The van der Waals surface area contributed by atoms with E-state index in [1.54, 1.807) is 29.8 Å². The largest absolute Gasteiger partial charge is 0.385 e. The van der Waals surface area contributed by atoms with E-state index in [-0.39, 0.29) is 5.91 Å². The highest BCUT2D eigenvalue weighted by Crippen LogP contribution is 2.29. The molecule has 0 saturated carbocycles. The van der Waals surface area contributed by atoms with Crippen molar-refractivity contribution in [1.82, 2.24) is 10.3 Å². The lowest BCUT2D eigenvalue weighted by atomic mass is 10.3. The molecular weight excluding hydrogens is 292 g/mol.